The fourth-order valence-electron chi connectivity index (χ4n) is 5.79. The smallest absolute Gasteiger partial charge is 0.321 e. The second-order valence-electron chi connectivity index (χ2n) is 10.6. The lowest BCUT2D eigenvalue weighted by Crippen LogP contribution is -2.42. The number of carbonyl (C=O) groups is 2. The van der Waals surface area contributed by atoms with Crippen molar-refractivity contribution in [3.63, 3.8) is 0 Å². The molecule has 0 saturated carbocycles. The van der Waals surface area contributed by atoms with Gasteiger partial charge in [0.2, 0.25) is 5.91 Å². The second kappa shape index (κ2) is 12.4. The fraction of sp³-hybridized carbons (Fsp3) is 0.500. The van der Waals surface area contributed by atoms with Crippen molar-refractivity contribution in [2.24, 2.45) is 5.92 Å². The van der Waals surface area contributed by atoms with Crippen LogP contribution >= 0.6 is 0 Å². The van der Waals surface area contributed by atoms with E-state index >= 15 is 0 Å². The zero-order valence-corrected chi connectivity index (χ0v) is 22.9. The van der Waals surface area contributed by atoms with Gasteiger partial charge in [0.1, 0.15) is 12.4 Å². The van der Waals surface area contributed by atoms with Crippen LogP contribution in [-0.4, -0.2) is 80.4 Å². The number of carbonyl (C=O) groups excluding carboxylic acids is 2. The zero-order valence-electron chi connectivity index (χ0n) is 22.9. The lowest BCUT2D eigenvalue weighted by Gasteiger charge is -2.32. The lowest BCUT2D eigenvalue weighted by atomic mass is 9.87. The highest BCUT2D eigenvalue weighted by molar-refractivity contribution is 6.05. The first kappa shape index (κ1) is 26.8. The minimum Gasteiger partial charge on any atom is -0.492 e. The number of likely N-dealkylation sites (tertiary alicyclic amines) is 2. The van der Waals surface area contributed by atoms with Crippen molar-refractivity contribution in [1.82, 2.24) is 9.80 Å². The molecule has 3 aliphatic heterocycles. The van der Waals surface area contributed by atoms with Gasteiger partial charge in [-0.25, -0.2) is 4.79 Å². The summed E-state index contributed by atoms with van der Waals surface area (Å²) in [6.07, 6.45) is 5.56. The quantitative estimate of drug-likeness (QED) is 0.409. The molecule has 3 fully saturated rings. The molecule has 0 bridgehead atoms. The number of anilines is 3. The summed E-state index contributed by atoms with van der Waals surface area (Å²) in [7, 11) is 1.85. The number of urea groups is 1. The molecule has 3 aliphatic rings. The molecule has 2 aromatic rings. The third kappa shape index (κ3) is 6.46. The molecule has 9 nitrogen and oxygen atoms in total. The first-order chi connectivity index (χ1) is 19.0. The molecule has 39 heavy (non-hydrogen) atoms. The Morgan fingerprint density at radius 1 is 1.00 bits per heavy atom. The van der Waals surface area contributed by atoms with Crippen LogP contribution in [0.15, 0.2) is 42.5 Å². The molecule has 0 radical (unpaired) electrons. The maximum absolute atomic E-state index is 12.9. The molecule has 0 atom stereocenters. The molecule has 9 heteroatoms. The number of ether oxygens (including phenoxy) is 1. The third-order valence-corrected chi connectivity index (χ3v) is 8.13. The SMILES string of the molecule is CNc1cc(OCCN2CCCC2=O)ccc1C(=N)C1CCN(C(=O)Nc2ccc(N3CCCC3)cc2)CC1. The van der Waals surface area contributed by atoms with E-state index < -0.39 is 0 Å². The Hall–Kier alpha value is -3.75. The van der Waals surface area contributed by atoms with E-state index in [0.717, 1.165) is 61.6 Å². The van der Waals surface area contributed by atoms with Crippen molar-refractivity contribution in [1.29, 1.82) is 5.41 Å². The molecular weight excluding hydrogens is 492 g/mol. The minimum absolute atomic E-state index is 0.0815. The number of piperidine rings is 1. The number of rotatable bonds is 9. The Bertz CT molecular complexity index is 1170. The van der Waals surface area contributed by atoms with Crippen LogP contribution in [0.5, 0.6) is 5.75 Å². The third-order valence-electron chi connectivity index (χ3n) is 8.13. The average Bonchev–Trinajstić information content (AvgIpc) is 3.65. The molecule has 3 amide bonds. The summed E-state index contributed by atoms with van der Waals surface area (Å²) in [5.41, 5.74) is 4.33. The van der Waals surface area contributed by atoms with Crippen molar-refractivity contribution in [2.45, 2.75) is 38.5 Å². The molecule has 3 saturated heterocycles. The first-order valence-corrected chi connectivity index (χ1v) is 14.2. The van der Waals surface area contributed by atoms with Gasteiger partial charge in [0.05, 0.1) is 6.54 Å². The van der Waals surface area contributed by atoms with Gasteiger partial charge in [-0.1, -0.05) is 0 Å². The predicted octanol–water partition coefficient (Wildman–Crippen LogP) is 4.64. The van der Waals surface area contributed by atoms with E-state index in [1.807, 2.05) is 47.2 Å². The van der Waals surface area contributed by atoms with Crippen LogP contribution in [0.2, 0.25) is 0 Å². The molecule has 3 heterocycles. The van der Waals surface area contributed by atoms with Crippen molar-refractivity contribution in [3.8, 4) is 5.75 Å². The van der Waals surface area contributed by atoms with Gasteiger partial charge in [0.25, 0.3) is 0 Å². The highest BCUT2D eigenvalue weighted by Gasteiger charge is 2.27. The molecule has 0 aromatic heterocycles. The van der Waals surface area contributed by atoms with Gasteiger partial charge in [0.15, 0.2) is 0 Å². The number of benzene rings is 2. The van der Waals surface area contributed by atoms with Crippen molar-refractivity contribution in [3.05, 3.63) is 48.0 Å². The van der Waals surface area contributed by atoms with Crippen molar-refractivity contribution >= 4 is 34.7 Å². The monoisotopic (exact) mass is 532 g/mol. The molecule has 3 N–H and O–H groups in total. The molecule has 0 spiro atoms. The van der Waals surface area contributed by atoms with E-state index in [9.17, 15) is 9.59 Å². The fourth-order valence-corrected chi connectivity index (χ4v) is 5.79. The summed E-state index contributed by atoms with van der Waals surface area (Å²) in [4.78, 5) is 30.7. The average molecular weight is 533 g/mol. The van der Waals surface area contributed by atoms with Crippen molar-refractivity contribution in [2.75, 3.05) is 68.5 Å². The normalized spacial score (nSPS) is 18.0. The Labute approximate surface area is 231 Å². The summed E-state index contributed by atoms with van der Waals surface area (Å²) >= 11 is 0. The number of hydrogen-bond acceptors (Lipinski definition) is 6. The highest BCUT2D eigenvalue weighted by atomic mass is 16.5. The number of nitrogens with one attached hydrogen (secondary N) is 3. The van der Waals surface area contributed by atoms with Crippen molar-refractivity contribution < 1.29 is 14.3 Å². The standard InChI is InChI=1S/C30H40N6O3/c1-32-27-21-25(39-20-19-35-16-4-5-28(35)37)10-11-26(27)29(31)22-12-17-36(18-13-22)30(38)33-23-6-8-24(9-7-23)34-14-2-3-15-34/h6-11,21-22,31-32H,2-5,12-20H2,1H3,(H,33,38). The van der Waals surface area contributed by atoms with Crippen LogP contribution in [0.3, 0.4) is 0 Å². The Morgan fingerprint density at radius 3 is 2.41 bits per heavy atom. The molecule has 0 aliphatic carbocycles. The maximum atomic E-state index is 12.9. The summed E-state index contributed by atoms with van der Waals surface area (Å²) in [5, 5.41) is 15.2. The molecular formula is C30H40N6O3. The Kier molecular flexibility index (Phi) is 8.54. The molecule has 2 aromatic carbocycles. The topological polar surface area (TPSA) is 101 Å². The van der Waals surface area contributed by atoms with Gasteiger partial charge >= 0.3 is 6.03 Å². The van der Waals surface area contributed by atoms with Gasteiger partial charge in [0, 0.05) is 86.5 Å². The molecule has 0 unspecified atom stereocenters. The van der Waals surface area contributed by atoms with Crippen LogP contribution in [-0.2, 0) is 4.79 Å². The number of hydrogen-bond donors (Lipinski definition) is 3. The van der Waals surface area contributed by atoms with Gasteiger partial charge in [-0.3, -0.25) is 4.79 Å². The Balaban J connectivity index is 1.10. The zero-order chi connectivity index (χ0) is 27.2. The van der Waals surface area contributed by atoms with Crippen LogP contribution in [0.4, 0.5) is 21.9 Å². The van der Waals surface area contributed by atoms with Crippen LogP contribution in [0, 0.1) is 11.3 Å². The van der Waals surface area contributed by atoms with E-state index in [1.54, 1.807) is 0 Å². The van der Waals surface area contributed by atoms with E-state index in [2.05, 4.69) is 27.7 Å². The second-order valence-corrected chi connectivity index (χ2v) is 10.6. The number of nitrogens with zero attached hydrogens (tertiary/aromatic N) is 3. The Morgan fingerprint density at radius 2 is 1.74 bits per heavy atom. The minimum atomic E-state index is -0.0815. The predicted molar refractivity (Wildman–Crippen MR) is 155 cm³/mol. The van der Waals surface area contributed by atoms with Crippen LogP contribution in [0.25, 0.3) is 0 Å². The van der Waals surface area contributed by atoms with Gasteiger partial charge < -0.3 is 35.5 Å². The molecule has 5 rings (SSSR count). The van der Waals surface area contributed by atoms with E-state index in [0.29, 0.717) is 38.4 Å². The maximum Gasteiger partial charge on any atom is 0.321 e. The van der Waals surface area contributed by atoms with E-state index in [-0.39, 0.29) is 17.9 Å². The van der Waals surface area contributed by atoms with Gasteiger partial charge in [-0.2, -0.15) is 0 Å². The summed E-state index contributed by atoms with van der Waals surface area (Å²) in [6.45, 7) is 5.31. The first-order valence-electron chi connectivity index (χ1n) is 14.2. The van der Waals surface area contributed by atoms with E-state index in [4.69, 9.17) is 10.1 Å². The van der Waals surface area contributed by atoms with Crippen LogP contribution in [0.1, 0.15) is 44.1 Å². The van der Waals surface area contributed by atoms with Crippen LogP contribution < -0.4 is 20.3 Å². The number of amides is 3. The largest absolute Gasteiger partial charge is 0.492 e. The molecule has 208 valence electrons. The lowest BCUT2D eigenvalue weighted by molar-refractivity contribution is -0.128. The highest BCUT2D eigenvalue weighted by Crippen LogP contribution is 2.29. The van der Waals surface area contributed by atoms with Gasteiger partial charge in [-0.05, 0) is 68.5 Å². The summed E-state index contributed by atoms with van der Waals surface area (Å²) in [6, 6.07) is 13.8. The van der Waals surface area contributed by atoms with E-state index in [1.165, 1.54) is 18.5 Å². The summed E-state index contributed by atoms with van der Waals surface area (Å²) in [5.74, 6) is 1.02. The summed E-state index contributed by atoms with van der Waals surface area (Å²) < 4.78 is 5.90. The van der Waals surface area contributed by atoms with Gasteiger partial charge in [-0.15, -0.1) is 0 Å².